The number of imidazole rings is 1. The van der Waals surface area contributed by atoms with Gasteiger partial charge in [-0.25, -0.2) is 4.98 Å². The van der Waals surface area contributed by atoms with E-state index in [0.29, 0.717) is 0 Å². The average molecular weight is 204 g/mol. The summed E-state index contributed by atoms with van der Waals surface area (Å²) in [7, 11) is 1.69. The molecular formula is C12H16N2O. The highest BCUT2D eigenvalue weighted by Crippen LogP contribution is 2.21. The molecule has 0 spiro atoms. The monoisotopic (exact) mass is 204 g/mol. The normalized spacial score (nSPS) is 13.3. The lowest BCUT2D eigenvalue weighted by atomic mass is 10.1. The van der Waals surface area contributed by atoms with Crippen LogP contribution in [0.25, 0.3) is 11.0 Å². The number of rotatable bonds is 2. The Balaban J connectivity index is 2.60. The van der Waals surface area contributed by atoms with Crippen molar-refractivity contribution in [2.24, 2.45) is 0 Å². The molecule has 0 unspecified atom stereocenters. The van der Waals surface area contributed by atoms with Crippen molar-refractivity contribution >= 4 is 11.0 Å². The average Bonchev–Trinajstić information content (AvgIpc) is 2.60. The largest absolute Gasteiger partial charge is 0.374 e. The lowest BCUT2D eigenvalue weighted by molar-refractivity contribution is 0.113. The van der Waals surface area contributed by atoms with Crippen molar-refractivity contribution < 1.29 is 4.74 Å². The quantitative estimate of drug-likeness (QED) is 0.816. The molecule has 3 nitrogen and oxygen atoms in total. The molecule has 80 valence electrons. The molecule has 0 amide bonds. The van der Waals surface area contributed by atoms with Crippen LogP contribution in [0.5, 0.6) is 0 Å². The number of aromatic amines is 1. The number of hydrogen-bond acceptors (Lipinski definition) is 2. The molecule has 2 rings (SSSR count). The highest BCUT2D eigenvalue weighted by atomic mass is 16.5. The molecule has 2 aromatic rings. The third-order valence-electron chi connectivity index (χ3n) is 2.68. The fourth-order valence-corrected chi connectivity index (χ4v) is 1.79. The van der Waals surface area contributed by atoms with E-state index in [1.165, 1.54) is 11.1 Å². The summed E-state index contributed by atoms with van der Waals surface area (Å²) in [6.07, 6.45) is 0.0112. The van der Waals surface area contributed by atoms with Crippen LogP contribution in [0.3, 0.4) is 0 Å². The molecule has 3 heteroatoms. The molecule has 0 aliphatic rings. The van der Waals surface area contributed by atoms with Crippen LogP contribution in [-0.2, 0) is 4.74 Å². The lowest BCUT2D eigenvalue weighted by Gasteiger charge is -2.03. The molecule has 1 heterocycles. The molecule has 0 aliphatic heterocycles. The van der Waals surface area contributed by atoms with Gasteiger partial charge in [-0.15, -0.1) is 0 Å². The van der Waals surface area contributed by atoms with E-state index in [2.05, 4.69) is 35.9 Å². The van der Waals surface area contributed by atoms with Crippen LogP contribution in [0.4, 0.5) is 0 Å². The number of H-pyrrole nitrogens is 1. The van der Waals surface area contributed by atoms with Crippen molar-refractivity contribution in [1.29, 1.82) is 0 Å². The number of aryl methyl sites for hydroxylation is 2. The van der Waals surface area contributed by atoms with E-state index in [4.69, 9.17) is 4.74 Å². The number of hydrogen-bond donors (Lipinski definition) is 1. The second-order valence-electron chi connectivity index (χ2n) is 3.98. The third-order valence-corrected chi connectivity index (χ3v) is 2.68. The Morgan fingerprint density at radius 2 is 2.07 bits per heavy atom. The number of nitrogens with zero attached hydrogens (tertiary/aromatic N) is 1. The second-order valence-corrected chi connectivity index (χ2v) is 3.98. The summed E-state index contributed by atoms with van der Waals surface area (Å²) >= 11 is 0. The van der Waals surface area contributed by atoms with Crippen LogP contribution < -0.4 is 0 Å². The van der Waals surface area contributed by atoms with Gasteiger partial charge >= 0.3 is 0 Å². The smallest absolute Gasteiger partial charge is 0.136 e. The fourth-order valence-electron chi connectivity index (χ4n) is 1.79. The molecule has 1 aromatic heterocycles. The van der Waals surface area contributed by atoms with Crippen LogP contribution in [-0.4, -0.2) is 17.1 Å². The van der Waals surface area contributed by atoms with Crippen molar-refractivity contribution in [3.8, 4) is 0 Å². The molecule has 0 saturated carbocycles. The van der Waals surface area contributed by atoms with E-state index in [-0.39, 0.29) is 6.10 Å². The number of methoxy groups -OCH3 is 1. The number of fused-ring (bicyclic) bond motifs is 1. The molecule has 1 atom stereocenters. The van der Waals surface area contributed by atoms with Gasteiger partial charge < -0.3 is 9.72 Å². The topological polar surface area (TPSA) is 37.9 Å². The van der Waals surface area contributed by atoms with Gasteiger partial charge in [-0.1, -0.05) is 6.07 Å². The second kappa shape index (κ2) is 3.66. The first-order valence-electron chi connectivity index (χ1n) is 5.11. The third kappa shape index (κ3) is 1.75. The minimum Gasteiger partial charge on any atom is -0.374 e. The van der Waals surface area contributed by atoms with E-state index in [1.807, 2.05) is 6.92 Å². The Kier molecular flexibility index (Phi) is 2.49. The van der Waals surface area contributed by atoms with E-state index in [0.717, 1.165) is 16.9 Å². The molecule has 0 saturated heterocycles. The molecule has 15 heavy (non-hydrogen) atoms. The number of aromatic nitrogens is 2. The molecular weight excluding hydrogens is 188 g/mol. The van der Waals surface area contributed by atoms with Crippen LogP contribution in [0, 0.1) is 13.8 Å². The van der Waals surface area contributed by atoms with E-state index >= 15 is 0 Å². The summed E-state index contributed by atoms with van der Waals surface area (Å²) in [4.78, 5) is 7.84. The number of nitrogens with one attached hydrogen (secondary N) is 1. The minimum absolute atomic E-state index is 0.0112. The van der Waals surface area contributed by atoms with Gasteiger partial charge in [0.1, 0.15) is 11.9 Å². The highest BCUT2D eigenvalue weighted by Gasteiger charge is 2.10. The van der Waals surface area contributed by atoms with Gasteiger partial charge in [0.15, 0.2) is 0 Å². The molecule has 1 N–H and O–H groups in total. The van der Waals surface area contributed by atoms with Gasteiger partial charge in [0.25, 0.3) is 0 Å². The molecule has 0 bridgehead atoms. The Hall–Kier alpha value is -1.35. The van der Waals surface area contributed by atoms with Crippen LogP contribution >= 0.6 is 0 Å². The molecule has 0 radical (unpaired) electrons. The van der Waals surface area contributed by atoms with Crippen molar-refractivity contribution in [3.63, 3.8) is 0 Å². The number of ether oxygens (including phenoxy) is 1. The minimum atomic E-state index is 0.0112. The van der Waals surface area contributed by atoms with E-state index in [1.54, 1.807) is 7.11 Å². The summed E-state index contributed by atoms with van der Waals surface area (Å²) in [5.74, 6) is 0.890. The standard InChI is InChI=1S/C12H16N2O/c1-7-5-8(2)11-10(6-7)13-12(14-11)9(3)15-4/h5-6,9H,1-4H3,(H,13,14)/t9-/m1/s1. The predicted molar refractivity (Wildman–Crippen MR) is 61.0 cm³/mol. The Labute approximate surface area is 89.5 Å². The maximum atomic E-state index is 5.24. The fraction of sp³-hybridized carbons (Fsp3) is 0.417. The maximum absolute atomic E-state index is 5.24. The van der Waals surface area contributed by atoms with E-state index in [9.17, 15) is 0 Å². The lowest BCUT2D eigenvalue weighted by Crippen LogP contribution is -1.97. The van der Waals surface area contributed by atoms with Crippen molar-refractivity contribution in [1.82, 2.24) is 9.97 Å². The molecule has 0 fully saturated rings. The van der Waals surface area contributed by atoms with Crippen molar-refractivity contribution in [2.45, 2.75) is 26.9 Å². The first kappa shape index (κ1) is 10.2. The zero-order valence-corrected chi connectivity index (χ0v) is 9.59. The highest BCUT2D eigenvalue weighted by molar-refractivity contribution is 5.79. The summed E-state index contributed by atoms with van der Waals surface area (Å²) in [6, 6.07) is 4.26. The van der Waals surface area contributed by atoms with Crippen LogP contribution in [0.1, 0.15) is 30.0 Å². The molecule has 1 aromatic carbocycles. The van der Waals surface area contributed by atoms with Crippen molar-refractivity contribution in [3.05, 3.63) is 29.1 Å². The maximum Gasteiger partial charge on any atom is 0.136 e. The van der Waals surface area contributed by atoms with Gasteiger partial charge in [0, 0.05) is 7.11 Å². The summed E-state index contributed by atoms with van der Waals surface area (Å²) in [6.45, 7) is 6.16. The van der Waals surface area contributed by atoms with Gasteiger partial charge in [-0.3, -0.25) is 0 Å². The SMILES string of the molecule is CO[C@H](C)c1nc2c(C)cc(C)cc2[nH]1. The van der Waals surface area contributed by atoms with E-state index < -0.39 is 0 Å². The summed E-state index contributed by atoms with van der Waals surface area (Å²) in [5, 5.41) is 0. The van der Waals surface area contributed by atoms with Gasteiger partial charge in [-0.05, 0) is 38.0 Å². The Morgan fingerprint density at radius 1 is 1.33 bits per heavy atom. The van der Waals surface area contributed by atoms with Gasteiger partial charge in [-0.2, -0.15) is 0 Å². The van der Waals surface area contributed by atoms with Gasteiger partial charge in [0.05, 0.1) is 11.0 Å². The molecule has 0 aliphatic carbocycles. The van der Waals surface area contributed by atoms with Crippen LogP contribution in [0.15, 0.2) is 12.1 Å². The zero-order valence-electron chi connectivity index (χ0n) is 9.59. The first-order valence-corrected chi connectivity index (χ1v) is 5.11. The van der Waals surface area contributed by atoms with Crippen LogP contribution in [0.2, 0.25) is 0 Å². The summed E-state index contributed by atoms with van der Waals surface area (Å²) in [5.41, 5.74) is 4.59. The number of benzene rings is 1. The first-order chi connectivity index (χ1) is 7.11. The predicted octanol–water partition coefficient (Wildman–Crippen LogP) is 2.89. The van der Waals surface area contributed by atoms with Crippen molar-refractivity contribution in [2.75, 3.05) is 7.11 Å². The van der Waals surface area contributed by atoms with Gasteiger partial charge in [0.2, 0.25) is 0 Å². The Morgan fingerprint density at radius 3 is 2.73 bits per heavy atom. The Bertz CT molecular complexity index is 488. The zero-order chi connectivity index (χ0) is 11.0. The summed E-state index contributed by atoms with van der Waals surface area (Å²) < 4.78 is 5.24.